The number of benzene rings is 3. The normalized spacial score (nSPS) is 11.3. The first-order valence-electron chi connectivity index (χ1n) is 10.2. The number of rotatable bonds is 7. The van der Waals surface area contributed by atoms with Crippen LogP contribution in [0.5, 0.6) is 5.75 Å². The molecule has 3 aromatic carbocycles. The molecule has 0 spiro atoms. The van der Waals surface area contributed by atoms with Crippen LogP contribution >= 0.6 is 11.3 Å². The fourth-order valence-corrected chi connectivity index (χ4v) is 3.93. The minimum atomic E-state index is -4.45. The van der Waals surface area contributed by atoms with Gasteiger partial charge in [-0.1, -0.05) is 42.5 Å². The van der Waals surface area contributed by atoms with Crippen molar-refractivity contribution in [3.63, 3.8) is 0 Å². The predicted molar refractivity (Wildman–Crippen MR) is 121 cm³/mol. The van der Waals surface area contributed by atoms with Crippen LogP contribution in [-0.2, 0) is 19.3 Å². The van der Waals surface area contributed by atoms with Gasteiger partial charge in [-0.25, -0.2) is 9.37 Å². The van der Waals surface area contributed by atoms with E-state index >= 15 is 0 Å². The van der Waals surface area contributed by atoms with Gasteiger partial charge in [-0.15, -0.1) is 11.3 Å². The van der Waals surface area contributed by atoms with Crippen molar-refractivity contribution in [1.82, 2.24) is 10.3 Å². The van der Waals surface area contributed by atoms with Crippen molar-refractivity contribution in [2.24, 2.45) is 0 Å². The molecule has 1 amide bonds. The highest BCUT2D eigenvalue weighted by Gasteiger charge is 2.30. The molecule has 4 nitrogen and oxygen atoms in total. The van der Waals surface area contributed by atoms with Crippen molar-refractivity contribution in [3.8, 4) is 16.3 Å². The molecule has 4 rings (SSSR count). The number of hydrogen-bond acceptors (Lipinski definition) is 4. The standard InChI is InChI=1S/C25H18F4N2O2S/c26-21-10-2-1-6-18(21)14-33-20-9-4-7-17(12-20)24-31-22(15-34-24)23(32)30-13-16-5-3-8-19(11-16)25(27,28)29/h1-12,15H,13-14H2,(H,30,32). The third-order valence-corrected chi connectivity index (χ3v) is 5.77. The quantitative estimate of drug-likeness (QED) is 0.304. The van der Waals surface area contributed by atoms with E-state index in [4.69, 9.17) is 4.74 Å². The van der Waals surface area contributed by atoms with E-state index in [-0.39, 0.29) is 24.7 Å². The first-order valence-corrected chi connectivity index (χ1v) is 11.0. The van der Waals surface area contributed by atoms with Crippen LogP contribution in [0.15, 0.2) is 78.2 Å². The number of thiazole rings is 1. The van der Waals surface area contributed by atoms with Gasteiger partial charge in [0, 0.05) is 23.1 Å². The lowest BCUT2D eigenvalue weighted by molar-refractivity contribution is -0.137. The van der Waals surface area contributed by atoms with Gasteiger partial charge in [0.15, 0.2) is 0 Å². The fourth-order valence-electron chi connectivity index (χ4n) is 3.14. The minimum Gasteiger partial charge on any atom is -0.489 e. The van der Waals surface area contributed by atoms with Crippen molar-refractivity contribution >= 4 is 17.2 Å². The fraction of sp³-hybridized carbons (Fsp3) is 0.120. The molecule has 0 aliphatic carbocycles. The lowest BCUT2D eigenvalue weighted by atomic mass is 10.1. The molecule has 0 saturated carbocycles. The van der Waals surface area contributed by atoms with E-state index in [1.54, 1.807) is 47.8 Å². The highest BCUT2D eigenvalue weighted by atomic mass is 32.1. The molecular formula is C25H18F4N2O2S. The third kappa shape index (κ3) is 5.79. The van der Waals surface area contributed by atoms with E-state index in [1.165, 1.54) is 29.5 Å². The smallest absolute Gasteiger partial charge is 0.416 e. The second-order valence-electron chi connectivity index (χ2n) is 7.33. The van der Waals surface area contributed by atoms with Gasteiger partial charge in [-0.3, -0.25) is 4.79 Å². The molecule has 0 fully saturated rings. The molecule has 1 heterocycles. The summed E-state index contributed by atoms with van der Waals surface area (Å²) in [5.41, 5.74) is 0.866. The predicted octanol–water partition coefficient (Wildman–Crippen LogP) is 6.48. The third-order valence-electron chi connectivity index (χ3n) is 4.88. The van der Waals surface area contributed by atoms with Gasteiger partial charge in [0.1, 0.15) is 28.9 Å². The van der Waals surface area contributed by atoms with Crippen LogP contribution in [-0.4, -0.2) is 10.9 Å². The molecular weight excluding hydrogens is 468 g/mol. The Morgan fingerprint density at radius 2 is 1.79 bits per heavy atom. The number of aromatic nitrogens is 1. The molecule has 0 aliphatic rings. The zero-order valence-electron chi connectivity index (χ0n) is 17.6. The Bertz CT molecular complexity index is 1300. The lowest BCUT2D eigenvalue weighted by Gasteiger charge is -2.09. The molecule has 0 bridgehead atoms. The molecule has 1 N–H and O–H groups in total. The number of carbonyl (C=O) groups is 1. The number of carbonyl (C=O) groups excluding carboxylic acids is 1. The summed E-state index contributed by atoms with van der Waals surface area (Å²) >= 11 is 1.25. The first-order chi connectivity index (χ1) is 16.3. The van der Waals surface area contributed by atoms with E-state index in [9.17, 15) is 22.4 Å². The molecule has 0 saturated heterocycles. The second kappa shape index (κ2) is 10.0. The summed E-state index contributed by atoms with van der Waals surface area (Å²) in [6.45, 7) is 0.00613. The molecule has 174 valence electrons. The maximum atomic E-state index is 13.8. The summed E-state index contributed by atoms with van der Waals surface area (Å²) in [6.07, 6.45) is -4.45. The topological polar surface area (TPSA) is 51.2 Å². The van der Waals surface area contributed by atoms with E-state index in [0.717, 1.165) is 12.1 Å². The summed E-state index contributed by atoms with van der Waals surface area (Å²) < 4.78 is 58.0. The van der Waals surface area contributed by atoms with Crippen LogP contribution in [0.1, 0.15) is 27.2 Å². The van der Waals surface area contributed by atoms with Crippen LogP contribution in [0.2, 0.25) is 0 Å². The van der Waals surface area contributed by atoms with Crippen LogP contribution in [0.25, 0.3) is 10.6 Å². The summed E-state index contributed by atoms with van der Waals surface area (Å²) in [6, 6.07) is 18.2. The number of halogens is 4. The molecule has 4 aromatic rings. The minimum absolute atomic E-state index is 0.0605. The van der Waals surface area contributed by atoms with Gasteiger partial charge in [0.25, 0.3) is 5.91 Å². The van der Waals surface area contributed by atoms with Crippen molar-refractivity contribution in [3.05, 3.63) is 106 Å². The van der Waals surface area contributed by atoms with Gasteiger partial charge in [0.2, 0.25) is 0 Å². The molecule has 0 aliphatic heterocycles. The van der Waals surface area contributed by atoms with Gasteiger partial charge in [0.05, 0.1) is 5.56 Å². The summed E-state index contributed by atoms with van der Waals surface area (Å²) in [5, 5.41) is 4.73. The summed E-state index contributed by atoms with van der Waals surface area (Å²) in [5.74, 6) is -0.322. The first kappa shape index (κ1) is 23.4. The lowest BCUT2D eigenvalue weighted by Crippen LogP contribution is -2.23. The Morgan fingerprint density at radius 1 is 1.00 bits per heavy atom. The van der Waals surface area contributed by atoms with E-state index in [1.807, 2.05) is 0 Å². The Kier molecular flexibility index (Phi) is 6.93. The highest BCUT2D eigenvalue weighted by Crippen LogP contribution is 2.30. The SMILES string of the molecule is O=C(NCc1cccc(C(F)(F)F)c1)c1csc(-c2cccc(OCc3ccccc3F)c2)n1. The van der Waals surface area contributed by atoms with Crippen molar-refractivity contribution in [1.29, 1.82) is 0 Å². The van der Waals surface area contributed by atoms with Crippen LogP contribution < -0.4 is 10.1 Å². The number of amides is 1. The molecule has 1 aromatic heterocycles. The number of alkyl halides is 3. The Labute approximate surface area is 196 Å². The van der Waals surface area contributed by atoms with Gasteiger partial charge >= 0.3 is 6.18 Å². The molecule has 9 heteroatoms. The largest absolute Gasteiger partial charge is 0.489 e. The zero-order valence-corrected chi connectivity index (χ0v) is 18.4. The van der Waals surface area contributed by atoms with Crippen LogP contribution in [0.4, 0.5) is 17.6 Å². The average Bonchev–Trinajstić information content (AvgIpc) is 3.32. The van der Waals surface area contributed by atoms with Crippen LogP contribution in [0, 0.1) is 5.82 Å². The maximum absolute atomic E-state index is 13.8. The average molecular weight is 486 g/mol. The Balaban J connectivity index is 1.39. The summed E-state index contributed by atoms with van der Waals surface area (Å²) in [4.78, 5) is 16.8. The Morgan fingerprint density at radius 3 is 2.59 bits per heavy atom. The van der Waals surface area contributed by atoms with Crippen molar-refractivity contribution in [2.45, 2.75) is 19.3 Å². The van der Waals surface area contributed by atoms with Gasteiger partial charge < -0.3 is 10.1 Å². The molecule has 34 heavy (non-hydrogen) atoms. The number of nitrogens with zero attached hydrogens (tertiary/aromatic N) is 1. The Hall–Kier alpha value is -3.72. The van der Waals surface area contributed by atoms with Crippen molar-refractivity contribution in [2.75, 3.05) is 0 Å². The number of ether oxygens (including phenoxy) is 1. The van der Waals surface area contributed by atoms with Crippen LogP contribution in [0.3, 0.4) is 0 Å². The molecule has 0 unspecified atom stereocenters. The van der Waals surface area contributed by atoms with Crippen molar-refractivity contribution < 1.29 is 27.1 Å². The monoisotopic (exact) mass is 486 g/mol. The zero-order chi connectivity index (χ0) is 24.1. The van der Waals surface area contributed by atoms with E-state index < -0.39 is 17.6 Å². The summed E-state index contributed by atoms with van der Waals surface area (Å²) in [7, 11) is 0. The molecule has 0 radical (unpaired) electrons. The van der Waals surface area contributed by atoms with E-state index in [2.05, 4.69) is 10.3 Å². The number of nitrogens with one attached hydrogen (secondary N) is 1. The maximum Gasteiger partial charge on any atom is 0.416 e. The highest BCUT2D eigenvalue weighted by molar-refractivity contribution is 7.13. The van der Waals surface area contributed by atoms with E-state index in [0.29, 0.717) is 27.4 Å². The molecule has 0 atom stereocenters. The second-order valence-corrected chi connectivity index (χ2v) is 8.18. The number of hydrogen-bond donors (Lipinski definition) is 1. The van der Waals surface area contributed by atoms with Gasteiger partial charge in [-0.05, 0) is 35.9 Å². The van der Waals surface area contributed by atoms with Gasteiger partial charge in [-0.2, -0.15) is 13.2 Å².